The van der Waals surface area contributed by atoms with Gasteiger partial charge in [0.05, 0.1) is 39.3 Å². The summed E-state index contributed by atoms with van der Waals surface area (Å²) in [4.78, 5) is 5.37. The number of rotatable bonds is 8. The molecule has 30 heavy (non-hydrogen) atoms. The molecule has 0 radical (unpaired) electrons. The van der Waals surface area contributed by atoms with E-state index in [0.717, 1.165) is 44.6 Å². The van der Waals surface area contributed by atoms with Crippen LogP contribution in [0.15, 0.2) is 70.6 Å². The van der Waals surface area contributed by atoms with Crippen LogP contribution in [0.1, 0.15) is 12.5 Å². The van der Waals surface area contributed by atoms with Crippen molar-refractivity contribution in [2.24, 2.45) is 10.1 Å². The molecule has 0 spiro atoms. The van der Waals surface area contributed by atoms with Gasteiger partial charge < -0.3 is 14.2 Å². The maximum absolute atomic E-state index is 5.59. The average Bonchev–Trinajstić information content (AvgIpc) is 3.19. The third-order valence-electron chi connectivity index (χ3n) is 4.48. The first-order chi connectivity index (χ1) is 14.6. The lowest BCUT2D eigenvalue weighted by molar-refractivity contribution is 0.404. The fourth-order valence-electron chi connectivity index (χ4n) is 2.89. The van der Waals surface area contributed by atoms with Crippen LogP contribution in [0.5, 0.6) is 17.2 Å². The molecule has 3 aromatic rings. The fourth-order valence-corrected chi connectivity index (χ4v) is 3.72. The number of aromatic nitrogens is 1. The lowest BCUT2D eigenvalue weighted by Gasteiger charge is -2.12. The summed E-state index contributed by atoms with van der Waals surface area (Å²) < 4.78 is 18.1. The second-order valence-electron chi connectivity index (χ2n) is 6.32. The molecule has 0 amide bonds. The zero-order valence-corrected chi connectivity index (χ0v) is 18.4. The smallest absolute Gasteiger partial charge is 0.206 e. The van der Waals surface area contributed by atoms with Gasteiger partial charge in [-0.3, -0.25) is 4.99 Å². The third kappa shape index (κ3) is 4.63. The first kappa shape index (κ1) is 21.4. The van der Waals surface area contributed by atoms with Gasteiger partial charge in [0.25, 0.3) is 0 Å². The maximum Gasteiger partial charge on any atom is 0.206 e. The van der Waals surface area contributed by atoms with Crippen LogP contribution in [-0.2, 0) is 0 Å². The molecule has 0 N–H and O–H groups in total. The quantitative estimate of drug-likeness (QED) is 0.393. The second-order valence-corrected chi connectivity index (χ2v) is 7.16. The van der Waals surface area contributed by atoms with E-state index in [4.69, 9.17) is 19.3 Å². The van der Waals surface area contributed by atoms with Crippen LogP contribution in [0.3, 0.4) is 0 Å². The molecule has 0 saturated heterocycles. The van der Waals surface area contributed by atoms with Gasteiger partial charge in [0, 0.05) is 10.9 Å². The summed E-state index contributed by atoms with van der Waals surface area (Å²) in [6, 6.07) is 13.5. The molecule has 2 aromatic carbocycles. The Hall–Kier alpha value is -3.32. The second kappa shape index (κ2) is 9.93. The van der Waals surface area contributed by atoms with Crippen molar-refractivity contribution in [3.63, 3.8) is 0 Å². The minimum absolute atomic E-state index is 0.506. The summed E-state index contributed by atoms with van der Waals surface area (Å²) in [6.07, 6.45) is 1.76. The van der Waals surface area contributed by atoms with Crippen LogP contribution in [0.25, 0.3) is 11.3 Å². The summed E-state index contributed by atoms with van der Waals surface area (Å²) in [7, 11) is 4.94. The molecule has 0 aliphatic heterocycles. The van der Waals surface area contributed by atoms with E-state index in [1.54, 1.807) is 27.4 Å². The van der Waals surface area contributed by atoms with Gasteiger partial charge in [-0.15, -0.1) is 17.9 Å². The van der Waals surface area contributed by atoms with Gasteiger partial charge in [-0.05, 0) is 55.0 Å². The molecule has 0 bridgehead atoms. The van der Waals surface area contributed by atoms with Crippen molar-refractivity contribution in [2.45, 2.75) is 6.92 Å². The number of benzene rings is 2. The van der Waals surface area contributed by atoms with Crippen LogP contribution in [0, 0.1) is 0 Å². The number of ether oxygens (including phenoxy) is 3. The largest absolute Gasteiger partial charge is 0.497 e. The van der Waals surface area contributed by atoms with E-state index < -0.39 is 0 Å². The van der Waals surface area contributed by atoms with E-state index in [2.05, 4.69) is 11.6 Å². The minimum atomic E-state index is 0.506. The molecule has 0 atom stereocenters. The van der Waals surface area contributed by atoms with Gasteiger partial charge in [0.2, 0.25) is 4.80 Å². The molecular weight excluding hydrogens is 398 g/mol. The lowest BCUT2D eigenvalue weighted by atomic mass is 10.1. The fraction of sp³-hybridized carbons (Fsp3) is 0.217. The first-order valence-electron chi connectivity index (χ1n) is 9.35. The number of thiazole rings is 1. The zero-order chi connectivity index (χ0) is 21.5. The monoisotopic (exact) mass is 423 g/mol. The molecule has 156 valence electrons. The van der Waals surface area contributed by atoms with E-state index in [-0.39, 0.29) is 0 Å². The normalized spacial score (nSPS) is 12.0. The van der Waals surface area contributed by atoms with Gasteiger partial charge in [0.1, 0.15) is 17.2 Å². The van der Waals surface area contributed by atoms with E-state index in [0.29, 0.717) is 6.54 Å². The Kier molecular flexibility index (Phi) is 7.08. The topological polar surface area (TPSA) is 57.3 Å². The summed E-state index contributed by atoms with van der Waals surface area (Å²) in [5.74, 6) is 2.28. The predicted molar refractivity (Wildman–Crippen MR) is 122 cm³/mol. The van der Waals surface area contributed by atoms with Crippen LogP contribution < -0.4 is 19.0 Å². The Morgan fingerprint density at radius 3 is 2.37 bits per heavy atom. The molecule has 0 saturated carbocycles. The van der Waals surface area contributed by atoms with Gasteiger partial charge in [-0.2, -0.15) is 5.10 Å². The molecule has 6 nitrogen and oxygen atoms in total. The van der Waals surface area contributed by atoms with Gasteiger partial charge in [-0.1, -0.05) is 6.08 Å². The number of hydrogen-bond acceptors (Lipinski definition) is 6. The van der Waals surface area contributed by atoms with Gasteiger partial charge >= 0.3 is 0 Å². The molecule has 0 aliphatic rings. The Balaban J connectivity index is 2.17. The van der Waals surface area contributed by atoms with E-state index in [1.807, 2.05) is 59.4 Å². The number of nitrogens with zero attached hydrogens (tertiary/aromatic N) is 3. The summed E-state index contributed by atoms with van der Waals surface area (Å²) in [5, 5.41) is 6.90. The van der Waals surface area contributed by atoms with E-state index in [1.165, 1.54) is 11.3 Å². The highest BCUT2D eigenvalue weighted by atomic mass is 32.1. The van der Waals surface area contributed by atoms with Crippen molar-refractivity contribution in [1.29, 1.82) is 0 Å². The number of methoxy groups -OCH3 is 3. The Morgan fingerprint density at radius 1 is 1.03 bits per heavy atom. The van der Waals surface area contributed by atoms with Crippen LogP contribution in [0.4, 0.5) is 0 Å². The zero-order valence-electron chi connectivity index (χ0n) is 17.6. The highest BCUT2D eigenvalue weighted by Crippen LogP contribution is 2.33. The van der Waals surface area contributed by atoms with Crippen LogP contribution >= 0.6 is 11.3 Å². The van der Waals surface area contributed by atoms with Crippen molar-refractivity contribution in [1.82, 2.24) is 4.68 Å². The minimum Gasteiger partial charge on any atom is -0.497 e. The van der Waals surface area contributed by atoms with Crippen molar-refractivity contribution < 1.29 is 14.2 Å². The molecule has 3 rings (SSSR count). The molecule has 0 fully saturated rings. The molecule has 1 aromatic heterocycles. The van der Waals surface area contributed by atoms with Gasteiger partial charge in [0.15, 0.2) is 0 Å². The third-order valence-corrected chi connectivity index (χ3v) is 5.34. The molecule has 7 heteroatoms. The Morgan fingerprint density at radius 2 is 1.73 bits per heavy atom. The number of hydrogen-bond donors (Lipinski definition) is 0. The van der Waals surface area contributed by atoms with Crippen molar-refractivity contribution in [2.75, 3.05) is 27.9 Å². The predicted octanol–water partition coefficient (Wildman–Crippen LogP) is 4.60. The first-order valence-corrected chi connectivity index (χ1v) is 10.2. The molecule has 0 unspecified atom stereocenters. The van der Waals surface area contributed by atoms with Crippen LogP contribution in [0.2, 0.25) is 0 Å². The van der Waals surface area contributed by atoms with Crippen molar-refractivity contribution in [3.8, 4) is 28.5 Å². The summed E-state index contributed by atoms with van der Waals surface area (Å²) >= 11 is 1.51. The SMILES string of the molecule is C=CCN=c1scc(-c2cc(OC)ccc2OC)n1N=C(C)c1ccc(OC)cc1. The highest BCUT2D eigenvalue weighted by molar-refractivity contribution is 7.07. The standard InChI is InChI=1S/C23H25N3O3S/c1-6-13-24-23-26(25-16(2)17-7-9-18(27-3)10-8-17)21(15-30-23)20-14-19(28-4)11-12-22(20)29-5/h6-12,14-15H,1,13H2,2-5H3. The van der Waals surface area contributed by atoms with Gasteiger partial charge in [-0.25, -0.2) is 4.68 Å². The highest BCUT2D eigenvalue weighted by Gasteiger charge is 2.14. The average molecular weight is 424 g/mol. The van der Waals surface area contributed by atoms with E-state index >= 15 is 0 Å². The maximum atomic E-state index is 5.59. The van der Waals surface area contributed by atoms with Crippen LogP contribution in [-0.4, -0.2) is 38.3 Å². The van der Waals surface area contributed by atoms with Crippen molar-refractivity contribution >= 4 is 17.0 Å². The Bertz CT molecular complexity index is 1110. The molecular formula is C23H25N3O3S. The van der Waals surface area contributed by atoms with E-state index in [9.17, 15) is 0 Å². The summed E-state index contributed by atoms with van der Waals surface area (Å²) in [5.41, 5.74) is 3.58. The lowest BCUT2D eigenvalue weighted by Crippen LogP contribution is -2.14. The van der Waals surface area contributed by atoms with Crippen molar-refractivity contribution in [3.05, 3.63) is 70.9 Å². The Labute approximate surface area is 180 Å². The molecule has 0 aliphatic carbocycles. The molecule has 1 heterocycles. The summed E-state index contributed by atoms with van der Waals surface area (Å²) in [6.45, 7) is 6.24.